The summed E-state index contributed by atoms with van der Waals surface area (Å²) in [6.07, 6.45) is 1.14. The van der Waals surface area contributed by atoms with Gasteiger partial charge in [0.2, 0.25) is 15.9 Å². The topological polar surface area (TPSA) is 79.4 Å². The smallest absolute Gasteiger partial charge is 0.243 e. The Hall–Kier alpha value is -2.33. The van der Waals surface area contributed by atoms with E-state index in [0.29, 0.717) is 29.5 Å². The van der Waals surface area contributed by atoms with Gasteiger partial charge in [0.1, 0.15) is 5.82 Å². The van der Waals surface area contributed by atoms with Crippen LogP contribution in [0.25, 0.3) is 11.3 Å². The predicted octanol–water partition coefficient (Wildman–Crippen LogP) is 4.64. The summed E-state index contributed by atoms with van der Waals surface area (Å²) in [6.45, 7) is 0.391. The van der Waals surface area contributed by atoms with Gasteiger partial charge in [-0.3, -0.25) is 4.79 Å². The molecule has 1 atom stereocenters. The summed E-state index contributed by atoms with van der Waals surface area (Å²) >= 11 is 7.21. The summed E-state index contributed by atoms with van der Waals surface area (Å²) in [5.41, 5.74) is 1.61. The second kappa shape index (κ2) is 9.04. The second-order valence-electron chi connectivity index (χ2n) is 7.19. The summed E-state index contributed by atoms with van der Waals surface area (Å²) in [5, 5.41) is 5.72. The van der Waals surface area contributed by atoms with Gasteiger partial charge < -0.3 is 5.32 Å². The number of hydrogen-bond acceptors (Lipinski definition) is 5. The molecule has 2 heterocycles. The first-order chi connectivity index (χ1) is 14.8. The van der Waals surface area contributed by atoms with Gasteiger partial charge in [-0.2, -0.15) is 4.31 Å². The molecule has 1 aromatic heterocycles. The average molecular weight is 480 g/mol. The third kappa shape index (κ3) is 4.95. The van der Waals surface area contributed by atoms with Crippen molar-refractivity contribution in [1.29, 1.82) is 0 Å². The van der Waals surface area contributed by atoms with Gasteiger partial charge in [0.05, 0.1) is 16.5 Å². The van der Waals surface area contributed by atoms with E-state index in [1.165, 1.54) is 27.8 Å². The number of piperidine rings is 1. The highest BCUT2D eigenvalue weighted by molar-refractivity contribution is 7.89. The summed E-state index contributed by atoms with van der Waals surface area (Å²) in [5.74, 6) is -1.26. The number of nitrogens with zero attached hydrogens (tertiary/aromatic N) is 2. The quantitative estimate of drug-likeness (QED) is 0.578. The molecule has 0 spiro atoms. The van der Waals surface area contributed by atoms with E-state index in [2.05, 4.69) is 10.3 Å². The summed E-state index contributed by atoms with van der Waals surface area (Å²) < 4.78 is 40.2. The number of halogens is 2. The normalized spacial score (nSPS) is 17.4. The molecule has 10 heteroatoms. The number of benzene rings is 2. The van der Waals surface area contributed by atoms with Crippen LogP contribution in [0.2, 0.25) is 5.02 Å². The van der Waals surface area contributed by atoms with Crippen molar-refractivity contribution in [2.45, 2.75) is 17.7 Å². The number of aromatic nitrogens is 1. The van der Waals surface area contributed by atoms with E-state index in [1.807, 2.05) is 17.5 Å². The van der Waals surface area contributed by atoms with Crippen molar-refractivity contribution in [2.24, 2.45) is 5.92 Å². The van der Waals surface area contributed by atoms with E-state index >= 15 is 0 Å². The Labute approximate surface area is 188 Å². The third-order valence-electron chi connectivity index (χ3n) is 5.08. The molecule has 0 aliphatic carbocycles. The molecule has 2 aromatic carbocycles. The van der Waals surface area contributed by atoms with Crippen LogP contribution in [0.4, 0.5) is 9.52 Å². The Morgan fingerprint density at radius 3 is 2.58 bits per heavy atom. The molecule has 1 unspecified atom stereocenters. The third-order valence-corrected chi connectivity index (χ3v) is 7.97. The molecule has 1 saturated heterocycles. The molecule has 1 N–H and O–H groups in total. The van der Waals surface area contributed by atoms with Crippen molar-refractivity contribution in [2.75, 3.05) is 18.4 Å². The van der Waals surface area contributed by atoms with Crippen LogP contribution in [0.3, 0.4) is 0 Å². The lowest BCUT2D eigenvalue weighted by Gasteiger charge is -2.31. The number of hydrogen-bond donors (Lipinski definition) is 1. The van der Waals surface area contributed by atoms with E-state index in [0.717, 1.165) is 23.4 Å². The zero-order valence-corrected chi connectivity index (χ0v) is 18.7. The van der Waals surface area contributed by atoms with Crippen LogP contribution in [0.5, 0.6) is 0 Å². The van der Waals surface area contributed by atoms with Crippen LogP contribution in [-0.2, 0) is 14.8 Å². The minimum absolute atomic E-state index is 0.0162. The number of amides is 1. The van der Waals surface area contributed by atoms with E-state index < -0.39 is 21.8 Å². The molecule has 1 fully saturated rings. The molecular formula is C21H19ClFN3O3S2. The van der Waals surface area contributed by atoms with Gasteiger partial charge in [0.15, 0.2) is 5.13 Å². The van der Waals surface area contributed by atoms with Gasteiger partial charge in [0.25, 0.3) is 0 Å². The lowest BCUT2D eigenvalue weighted by Crippen LogP contribution is -2.43. The Morgan fingerprint density at radius 2 is 1.87 bits per heavy atom. The highest BCUT2D eigenvalue weighted by Gasteiger charge is 2.33. The fourth-order valence-corrected chi connectivity index (χ4v) is 5.79. The summed E-state index contributed by atoms with van der Waals surface area (Å²) in [6, 6.07) is 11.9. The summed E-state index contributed by atoms with van der Waals surface area (Å²) in [4.78, 5) is 17.2. The maximum absolute atomic E-state index is 13.1. The van der Waals surface area contributed by atoms with E-state index in [4.69, 9.17) is 11.6 Å². The minimum Gasteiger partial charge on any atom is -0.302 e. The average Bonchev–Trinajstić information content (AvgIpc) is 3.23. The van der Waals surface area contributed by atoms with Crippen molar-refractivity contribution in [3.05, 3.63) is 64.8 Å². The fourth-order valence-electron chi connectivity index (χ4n) is 3.42. The van der Waals surface area contributed by atoms with Crippen molar-refractivity contribution >= 4 is 44.0 Å². The Balaban J connectivity index is 1.43. The van der Waals surface area contributed by atoms with E-state index in [9.17, 15) is 17.6 Å². The Kier molecular flexibility index (Phi) is 6.38. The number of carbonyl (C=O) groups is 1. The molecule has 4 rings (SSSR count). The zero-order chi connectivity index (χ0) is 22.0. The van der Waals surface area contributed by atoms with Crippen molar-refractivity contribution in [3.8, 4) is 11.3 Å². The zero-order valence-electron chi connectivity index (χ0n) is 16.3. The largest absolute Gasteiger partial charge is 0.302 e. The van der Waals surface area contributed by atoms with Crippen molar-refractivity contribution in [1.82, 2.24) is 9.29 Å². The Bertz CT molecular complexity index is 1180. The first-order valence-corrected chi connectivity index (χ1v) is 12.3. The standard InChI is InChI=1S/C21H19ClFN3O3S2/c22-16-5-3-14(4-6-16)19-13-30-21(24-19)25-20(27)15-2-1-11-26(12-15)31(28,29)18-9-7-17(23)8-10-18/h3-10,13,15H,1-2,11-12H2,(H,24,25,27). The molecule has 0 radical (unpaired) electrons. The van der Waals surface area contributed by atoms with E-state index in [-0.39, 0.29) is 17.3 Å². The maximum Gasteiger partial charge on any atom is 0.243 e. The minimum atomic E-state index is -3.79. The second-order valence-corrected chi connectivity index (χ2v) is 10.4. The SMILES string of the molecule is O=C(Nc1nc(-c2ccc(Cl)cc2)cs1)C1CCCN(S(=O)(=O)c2ccc(F)cc2)C1. The van der Waals surface area contributed by atoms with Crippen molar-refractivity contribution in [3.63, 3.8) is 0 Å². The Morgan fingerprint density at radius 1 is 1.16 bits per heavy atom. The monoisotopic (exact) mass is 479 g/mol. The highest BCUT2D eigenvalue weighted by Crippen LogP contribution is 2.28. The summed E-state index contributed by atoms with van der Waals surface area (Å²) in [7, 11) is -3.79. The number of carbonyl (C=O) groups excluding carboxylic acids is 1. The highest BCUT2D eigenvalue weighted by atomic mass is 35.5. The van der Waals surface area contributed by atoms with Gasteiger partial charge in [-0.1, -0.05) is 23.7 Å². The van der Waals surface area contributed by atoms with Crippen LogP contribution in [0.15, 0.2) is 58.8 Å². The number of nitrogens with one attached hydrogen (secondary N) is 1. The first kappa shape index (κ1) is 21.9. The van der Waals surface area contributed by atoms with Crippen LogP contribution in [0.1, 0.15) is 12.8 Å². The lowest BCUT2D eigenvalue weighted by atomic mass is 9.99. The van der Waals surface area contributed by atoms with Gasteiger partial charge >= 0.3 is 0 Å². The fraction of sp³-hybridized carbons (Fsp3) is 0.238. The molecule has 162 valence electrons. The van der Waals surface area contributed by atoms with Gasteiger partial charge in [-0.25, -0.2) is 17.8 Å². The van der Waals surface area contributed by atoms with Crippen LogP contribution in [0, 0.1) is 11.7 Å². The number of thiazole rings is 1. The van der Waals surface area contributed by atoms with Gasteiger partial charge in [-0.05, 0) is 49.2 Å². The van der Waals surface area contributed by atoms with Gasteiger partial charge in [-0.15, -0.1) is 11.3 Å². The lowest BCUT2D eigenvalue weighted by molar-refractivity contribution is -0.120. The first-order valence-electron chi connectivity index (χ1n) is 9.61. The molecule has 0 bridgehead atoms. The number of rotatable bonds is 5. The maximum atomic E-state index is 13.1. The van der Waals surface area contributed by atoms with Crippen molar-refractivity contribution < 1.29 is 17.6 Å². The molecule has 6 nitrogen and oxygen atoms in total. The molecule has 3 aromatic rings. The number of sulfonamides is 1. The van der Waals surface area contributed by atoms with Gasteiger partial charge in [0, 0.05) is 29.1 Å². The molecule has 0 saturated carbocycles. The predicted molar refractivity (Wildman–Crippen MR) is 119 cm³/mol. The molecule has 1 amide bonds. The number of anilines is 1. The van der Waals surface area contributed by atoms with E-state index in [1.54, 1.807) is 12.1 Å². The van der Waals surface area contributed by atoms with Crippen LogP contribution in [-0.4, -0.2) is 36.7 Å². The van der Waals surface area contributed by atoms with Crippen LogP contribution >= 0.6 is 22.9 Å². The molecule has 1 aliphatic rings. The molecule has 1 aliphatic heterocycles. The van der Waals surface area contributed by atoms with Crippen LogP contribution < -0.4 is 5.32 Å². The molecule has 31 heavy (non-hydrogen) atoms. The molecular weight excluding hydrogens is 461 g/mol.